The van der Waals surface area contributed by atoms with Crippen LogP contribution in [0.2, 0.25) is 0 Å². The molecule has 0 fully saturated rings. The molecule has 15 heavy (non-hydrogen) atoms. The van der Waals surface area contributed by atoms with Crippen LogP contribution < -0.4 is 0 Å². The highest BCUT2D eigenvalue weighted by molar-refractivity contribution is 5.74. The fraction of sp³-hybridized carbons (Fsp3) is 0.308. The van der Waals surface area contributed by atoms with Crippen LogP contribution in [0.3, 0.4) is 0 Å². The SMILES string of the molecule is CC(=O)OC1=C2CC(=C1)C1=C2C(C)C=C1. The molecule has 0 saturated carbocycles. The van der Waals surface area contributed by atoms with Crippen molar-refractivity contribution in [3.63, 3.8) is 0 Å². The van der Waals surface area contributed by atoms with E-state index in [1.165, 1.54) is 29.2 Å². The first-order valence-corrected chi connectivity index (χ1v) is 5.22. The molecule has 0 aromatic carbocycles. The van der Waals surface area contributed by atoms with Crippen LogP contribution >= 0.6 is 0 Å². The standard InChI is InChI=1S/C13H12O2/c1-7-3-4-10-9-5-11(13(7)10)12(6-9)15-8(2)14/h3-4,6-7H,5H2,1-2H3. The smallest absolute Gasteiger partial charge is 0.308 e. The molecule has 2 nitrogen and oxygen atoms in total. The van der Waals surface area contributed by atoms with E-state index in [-0.39, 0.29) is 5.97 Å². The van der Waals surface area contributed by atoms with Gasteiger partial charge in [0, 0.05) is 24.8 Å². The van der Waals surface area contributed by atoms with E-state index in [4.69, 9.17) is 4.74 Å². The van der Waals surface area contributed by atoms with Crippen molar-refractivity contribution < 1.29 is 9.53 Å². The Hall–Kier alpha value is -1.57. The lowest BCUT2D eigenvalue weighted by Gasteiger charge is -2.12. The van der Waals surface area contributed by atoms with Crippen LogP contribution in [-0.4, -0.2) is 5.97 Å². The highest BCUT2D eigenvalue weighted by Gasteiger charge is 2.35. The van der Waals surface area contributed by atoms with E-state index >= 15 is 0 Å². The van der Waals surface area contributed by atoms with Crippen molar-refractivity contribution in [2.75, 3.05) is 0 Å². The third-order valence-electron chi connectivity index (χ3n) is 3.19. The van der Waals surface area contributed by atoms with Crippen LogP contribution in [-0.2, 0) is 9.53 Å². The normalized spacial score (nSPS) is 26.3. The van der Waals surface area contributed by atoms with Gasteiger partial charge in [-0.1, -0.05) is 19.1 Å². The summed E-state index contributed by atoms with van der Waals surface area (Å²) in [6.45, 7) is 3.63. The Bertz CT molecular complexity index is 487. The summed E-state index contributed by atoms with van der Waals surface area (Å²) in [7, 11) is 0. The summed E-state index contributed by atoms with van der Waals surface area (Å²) in [5.41, 5.74) is 5.24. The second kappa shape index (κ2) is 2.72. The van der Waals surface area contributed by atoms with Crippen LogP contribution in [0, 0.1) is 5.92 Å². The van der Waals surface area contributed by atoms with Gasteiger partial charge in [-0.3, -0.25) is 4.79 Å². The molecule has 76 valence electrons. The third kappa shape index (κ3) is 1.08. The summed E-state index contributed by atoms with van der Waals surface area (Å²) in [6.07, 6.45) is 7.33. The molecule has 0 N–H and O–H groups in total. The molecular formula is C13H12O2. The zero-order chi connectivity index (χ0) is 10.6. The van der Waals surface area contributed by atoms with E-state index in [2.05, 4.69) is 19.1 Å². The molecule has 0 aromatic heterocycles. The lowest BCUT2D eigenvalue weighted by Crippen LogP contribution is -2.03. The molecule has 0 aliphatic heterocycles. The second-order valence-corrected chi connectivity index (χ2v) is 4.26. The number of hydrogen-bond donors (Lipinski definition) is 0. The van der Waals surface area contributed by atoms with Crippen molar-refractivity contribution in [2.45, 2.75) is 20.3 Å². The average Bonchev–Trinajstić information content (AvgIpc) is 2.77. The maximum atomic E-state index is 10.9. The number of carbonyl (C=O) groups is 1. The zero-order valence-corrected chi connectivity index (χ0v) is 8.83. The molecule has 3 rings (SSSR count). The van der Waals surface area contributed by atoms with Crippen molar-refractivity contribution in [3.05, 3.63) is 46.3 Å². The summed E-state index contributed by atoms with van der Waals surface area (Å²) < 4.78 is 5.20. The van der Waals surface area contributed by atoms with Gasteiger partial charge in [0.05, 0.1) is 0 Å². The van der Waals surface area contributed by atoms with Gasteiger partial charge in [-0.2, -0.15) is 0 Å². The van der Waals surface area contributed by atoms with Crippen LogP contribution in [0.5, 0.6) is 0 Å². The summed E-state index contributed by atoms with van der Waals surface area (Å²) in [5, 5.41) is 0. The Kier molecular flexibility index (Phi) is 1.58. The van der Waals surface area contributed by atoms with Crippen molar-refractivity contribution in [2.24, 2.45) is 5.92 Å². The van der Waals surface area contributed by atoms with E-state index in [0.29, 0.717) is 5.92 Å². The number of esters is 1. The molecule has 3 aliphatic rings. The lowest BCUT2D eigenvalue weighted by molar-refractivity contribution is -0.136. The largest absolute Gasteiger partial charge is 0.426 e. The number of hydrogen-bond acceptors (Lipinski definition) is 2. The Morgan fingerprint density at radius 2 is 2.33 bits per heavy atom. The lowest BCUT2D eigenvalue weighted by atomic mass is 9.97. The predicted molar refractivity (Wildman–Crippen MR) is 56.8 cm³/mol. The Morgan fingerprint density at radius 3 is 3.07 bits per heavy atom. The van der Waals surface area contributed by atoms with Gasteiger partial charge < -0.3 is 4.74 Å². The summed E-state index contributed by atoms with van der Waals surface area (Å²) in [5.74, 6) is 1.00. The van der Waals surface area contributed by atoms with Crippen LogP contribution in [0.1, 0.15) is 20.3 Å². The van der Waals surface area contributed by atoms with Gasteiger partial charge in [0.2, 0.25) is 0 Å². The Balaban J connectivity index is 2.04. The molecule has 1 atom stereocenters. The van der Waals surface area contributed by atoms with E-state index in [0.717, 1.165) is 12.2 Å². The van der Waals surface area contributed by atoms with Gasteiger partial charge >= 0.3 is 5.97 Å². The van der Waals surface area contributed by atoms with Gasteiger partial charge in [0.1, 0.15) is 5.76 Å². The summed E-state index contributed by atoms with van der Waals surface area (Å²) >= 11 is 0. The quantitative estimate of drug-likeness (QED) is 0.608. The Labute approximate surface area is 88.6 Å². The van der Waals surface area contributed by atoms with Crippen molar-refractivity contribution in [1.29, 1.82) is 0 Å². The summed E-state index contributed by atoms with van der Waals surface area (Å²) in [4.78, 5) is 10.9. The van der Waals surface area contributed by atoms with E-state index in [9.17, 15) is 4.79 Å². The molecule has 1 unspecified atom stereocenters. The van der Waals surface area contributed by atoms with Gasteiger partial charge in [0.25, 0.3) is 0 Å². The van der Waals surface area contributed by atoms with Gasteiger partial charge in [-0.15, -0.1) is 0 Å². The number of rotatable bonds is 1. The molecule has 2 bridgehead atoms. The first-order valence-electron chi connectivity index (χ1n) is 5.22. The maximum Gasteiger partial charge on any atom is 0.308 e. The average molecular weight is 200 g/mol. The fourth-order valence-electron chi connectivity index (χ4n) is 2.61. The minimum absolute atomic E-state index is 0.234. The minimum Gasteiger partial charge on any atom is -0.426 e. The molecule has 0 spiro atoms. The first kappa shape index (κ1) is 8.72. The molecule has 3 aliphatic carbocycles. The summed E-state index contributed by atoms with van der Waals surface area (Å²) in [6, 6.07) is 0. The van der Waals surface area contributed by atoms with Crippen LogP contribution in [0.15, 0.2) is 46.3 Å². The zero-order valence-electron chi connectivity index (χ0n) is 8.83. The van der Waals surface area contributed by atoms with Gasteiger partial charge in [0.15, 0.2) is 0 Å². The molecule has 0 radical (unpaired) electrons. The van der Waals surface area contributed by atoms with Crippen LogP contribution in [0.4, 0.5) is 0 Å². The molecule has 0 aromatic rings. The number of ether oxygens (including phenoxy) is 1. The monoisotopic (exact) mass is 200 g/mol. The van der Waals surface area contributed by atoms with Gasteiger partial charge in [-0.25, -0.2) is 0 Å². The first-order chi connectivity index (χ1) is 7.16. The number of carbonyl (C=O) groups excluding carboxylic acids is 1. The molecular weight excluding hydrogens is 188 g/mol. The highest BCUT2D eigenvalue weighted by Crippen LogP contribution is 2.50. The highest BCUT2D eigenvalue weighted by atomic mass is 16.5. The predicted octanol–water partition coefficient (Wildman–Crippen LogP) is 2.65. The van der Waals surface area contributed by atoms with Crippen molar-refractivity contribution in [3.8, 4) is 0 Å². The second-order valence-electron chi connectivity index (χ2n) is 4.26. The van der Waals surface area contributed by atoms with Gasteiger partial charge in [-0.05, 0) is 22.8 Å². The van der Waals surface area contributed by atoms with E-state index in [1.807, 2.05) is 6.08 Å². The third-order valence-corrected chi connectivity index (χ3v) is 3.19. The van der Waals surface area contributed by atoms with E-state index in [1.54, 1.807) is 0 Å². The molecule has 2 heteroatoms. The fourth-order valence-corrected chi connectivity index (χ4v) is 2.61. The van der Waals surface area contributed by atoms with Crippen molar-refractivity contribution >= 4 is 5.97 Å². The number of allylic oxidation sites excluding steroid dienone is 7. The topological polar surface area (TPSA) is 26.3 Å². The van der Waals surface area contributed by atoms with Crippen molar-refractivity contribution in [1.82, 2.24) is 0 Å². The number of fused-ring (bicyclic) bond motifs is 4. The molecule has 0 heterocycles. The Morgan fingerprint density at radius 1 is 1.53 bits per heavy atom. The molecule has 0 amide bonds. The minimum atomic E-state index is -0.234. The van der Waals surface area contributed by atoms with Crippen LogP contribution in [0.25, 0.3) is 0 Å². The molecule has 0 saturated heterocycles. The van der Waals surface area contributed by atoms with E-state index < -0.39 is 0 Å². The maximum absolute atomic E-state index is 10.9.